The van der Waals surface area contributed by atoms with Gasteiger partial charge in [0.15, 0.2) is 12.2 Å². The summed E-state index contributed by atoms with van der Waals surface area (Å²) in [5.74, 6) is -3.54. The van der Waals surface area contributed by atoms with Crippen LogP contribution >= 0.6 is 0 Å². The van der Waals surface area contributed by atoms with Crippen molar-refractivity contribution in [3.05, 3.63) is 0 Å². The minimum atomic E-state index is -4.23. The third-order valence-corrected chi connectivity index (χ3v) is 4.00. The van der Waals surface area contributed by atoms with E-state index in [1.165, 1.54) is 44.9 Å². The standard InChI is InChI=1S/C12H26O4S.C4H6O6.Na.H/c1-2-3-4-5-6-7-8-9-10-11-12-16-17(13,14)15;5-1(3(7)8)2(6)4(9)10;;/h2-12H2,1H3,(H,13,14,15);1-2,5-6H,(H,7,8)(H,9,10);;. The third-order valence-electron chi connectivity index (χ3n) is 3.54. The van der Waals surface area contributed by atoms with Crippen LogP contribution in [0.2, 0.25) is 0 Å². The minimum absolute atomic E-state index is 0. The SMILES string of the molecule is CCCCCCCCCCCCOS(=O)(=O)O.O=C(O)C(O)C(O)C(=O)O.[NaH]. The molecule has 0 aromatic carbocycles. The number of carboxylic acid groups (broad SMARTS) is 2. The Balaban J connectivity index is -0.000000489. The first kappa shape index (κ1) is 32.4. The zero-order chi connectivity index (χ0) is 21.3. The van der Waals surface area contributed by atoms with Gasteiger partial charge in [-0.15, -0.1) is 0 Å². The van der Waals surface area contributed by atoms with Gasteiger partial charge in [-0.3, -0.25) is 4.55 Å². The van der Waals surface area contributed by atoms with Gasteiger partial charge in [0.2, 0.25) is 0 Å². The van der Waals surface area contributed by atoms with Crippen molar-refractivity contribution in [3.8, 4) is 0 Å². The van der Waals surface area contributed by atoms with Crippen LogP contribution in [0.1, 0.15) is 71.1 Å². The molecule has 12 heteroatoms. The van der Waals surface area contributed by atoms with Crippen LogP contribution < -0.4 is 0 Å². The van der Waals surface area contributed by atoms with Gasteiger partial charge in [0, 0.05) is 0 Å². The molecule has 0 aromatic rings. The number of hydrogen-bond donors (Lipinski definition) is 5. The first-order valence-corrected chi connectivity index (χ1v) is 10.3. The van der Waals surface area contributed by atoms with E-state index in [-0.39, 0.29) is 36.2 Å². The number of aliphatic hydroxyl groups is 2. The second-order valence-electron chi connectivity index (χ2n) is 6.00. The van der Waals surface area contributed by atoms with Crippen molar-refractivity contribution in [1.82, 2.24) is 0 Å². The maximum absolute atomic E-state index is 10.2. The zero-order valence-corrected chi connectivity index (χ0v) is 16.4. The van der Waals surface area contributed by atoms with Crippen molar-refractivity contribution in [2.45, 2.75) is 83.3 Å². The first-order valence-electron chi connectivity index (χ1n) is 8.96. The molecule has 0 saturated carbocycles. The summed E-state index contributed by atoms with van der Waals surface area (Å²) in [5, 5.41) is 32.5. The number of carboxylic acids is 2. The van der Waals surface area contributed by atoms with E-state index >= 15 is 0 Å². The average Bonchev–Trinajstić information content (AvgIpc) is 2.57. The van der Waals surface area contributed by atoms with Crippen molar-refractivity contribution in [1.29, 1.82) is 0 Å². The second kappa shape index (κ2) is 20.0. The molecule has 164 valence electrons. The van der Waals surface area contributed by atoms with Gasteiger partial charge < -0.3 is 20.4 Å². The molecule has 0 aliphatic carbocycles. The number of carbonyl (C=O) groups is 2. The molecule has 0 saturated heterocycles. The van der Waals surface area contributed by atoms with Crippen LogP contribution in [0.15, 0.2) is 0 Å². The van der Waals surface area contributed by atoms with E-state index in [4.69, 9.17) is 25.0 Å². The van der Waals surface area contributed by atoms with E-state index in [2.05, 4.69) is 11.1 Å². The van der Waals surface area contributed by atoms with E-state index in [1.54, 1.807) is 0 Å². The normalized spacial score (nSPS) is 12.9. The molecule has 0 aliphatic rings. The molecule has 0 radical (unpaired) electrons. The predicted molar refractivity (Wildman–Crippen MR) is 104 cm³/mol. The van der Waals surface area contributed by atoms with Crippen LogP contribution in [0.5, 0.6) is 0 Å². The van der Waals surface area contributed by atoms with Gasteiger partial charge in [-0.25, -0.2) is 13.8 Å². The fourth-order valence-corrected chi connectivity index (χ4v) is 2.35. The molecule has 0 aromatic heterocycles. The van der Waals surface area contributed by atoms with E-state index in [0.29, 0.717) is 6.42 Å². The molecule has 0 spiro atoms. The van der Waals surface area contributed by atoms with Crippen LogP contribution in [0, 0.1) is 0 Å². The molecule has 5 N–H and O–H groups in total. The molecule has 10 nitrogen and oxygen atoms in total. The molecule has 0 fully saturated rings. The summed E-state index contributed by atoms with van der Waals surface area (Å²) >= 11 is 0. The van der Waals surface area contributed by atoms with Crippen LogP contribution in [-0.2, 0) is 24.2 Å². The van der Waals surface area contributed by atoms with Crippen molar-refractivity contribution in [2.75, 3.05) is 6.61 Å². The van der Waals surface area contributed by atoms with Crippen LogP contribution in [0.25, 0.3) is 0 Å². The van der Waals surface area contributed by atoms with Gasteiger partial charge >= 0.3 is 51.9 Å². The van der Waals surface area contributed by atoms with Gasteiger partial charge in [0.1, 0.15) is 0 Å². The molecule has 0 rings (SSSR count). The van der Waals surface area contributed by atoms with Crippen molar-refractivity contribution < 1.29 is 47.2 Å². The van der Waals surface area contributed by atoms with Crippen molar-refractivity contribution >= 4 is 51.9 Å². The quantitative estimate of drug-likeness (QED) is 0.140. The number of aliphatic hydroxyl groups excluding tert-OH is 2. The van der Waals surface area contributed by atoms with Gasteiger partial charge in [0.05, 0.1) is 6.61 Å². The summed E-state index contributed by atoms with van der Waals surface area (Å²) < 4.78 is 33.0. The predicted octanol–water partition coefficient (Wildman–Crippen LogP) is 0.956. The number of hydrogen-bond acceptors (Lipinski definition) is 7. The van der Waals surface area contributed by atoms with E-state index in [0.717, 1.165) is 12.8 Å². The van der Waals surface area contributed by atoms with E-state index in [1.807, 2.05) is 0 Å². The molecule has 2 atom stereocenters. The number of unbranched alkanes of at least 4 members (excludes halogenated alkanes) is 9. The Hall–Kier alpha value is -0.270. The third kappa shape index (κ3) is 23.8. The summed E-state index contributed by atoms with van der Waals surface area (Å²) in [6.45, 7) is 2.31. The Kier molecular flexibility index (Phi) is 23.2. The van der Waals surface area contributed by atoms with Gasteiger partial charge in [-0.05, 0) is 6.42 Å². The van der Waals surface area contributed by atoms with Crippen molar-refractivity contribution in [2.24, 2.45) is 0 Å². The molecule has 0 amide bonds. The summed E-state index contributed by atoms with van der Waals surface area (Å²) in [7, 11) is -4.23. The zero-order valence-electron chi connectivity index (χ0n) is 15.6. The molecule has 0 bridgehead atoms. The summed E-state index contributed by atoms with van der Waals surface area (Å²) in [4.78, 5) is 19.5. The fraction of sp³-hybridized carbons (Fsp3) is 0.875. The number of rotatable bonds is 15. The molecule has 0 aliphatic heterocycles. The van der Waals surface area contributed by atoms with Gasteiger partial charge in [-0.1, -0.05) is 64.7 Å². The van der Waals surface area contributed by atoms with Gasteiger partial charge in [-0.2, -0.15) is 8.42 Å². The summed E-state index contributed by atoms with van der Waals surface area (Å²) in [6.07, 6.45) is 7.32. The number of aliphatic carboxylic acids is 2. The monoisotopic (exact) mass is 440 g/mol. The van der Waals surface area contributed by atoms with Crippen LogP contribution in [0.3, 0.4) is 0 Å². The maximum atomic E-state index is 10.2. The molecular weight excluding hydrogens is 407 g/mol. The van der Waals surface area contributed by atoms with E-state index in [9.17, 15) is 18.0 Å². The Morgan fingerprint density at radius 3 is 1.39 bits per heavy atom. The topological polar surface area (TPSA) is 179 Å². The Labute approximate surface area is 188 Å². The molecule has 2 unspecified atom stereocenters. The summed E-state index contributed by atoms with van der Waals surface area (Å²) in [6, 6.07) is 0. The Morgan fingerprint density at radius 2 is 1.11 bits per heavy atom. The molecule has 0 heterocycles. The summed E-state index contributed by atoms with van der Waals surface area (Å²) in [5.41, 5.74) is 0. The van der Waals surface area contributed by atoms with Gasteiger partial charge in [0.25, 0.3) is 0 Å². The first-order chi connectivity index (χ1) is 12.5. The Morgan fingerprint density at radius 1 is 0.786 bits per heavy atom. The second-order valence-corrected chi connectivity index (χ2v) is 7.09. The van der Waals surface area contributed by atoms with Crippen LogP contribution in [-0.4, -0.2) is 93.7 Å². The fourth-order valence-electron chi connectivity index (χ4n) is 2.02. The van der Waals surface area contributed by atoms with Crippen LogP contribution in [0.4, 0.5) is 0 Å². The molecule has 28 heavy (non-hydrogen) atoms. The van der Waals surface area contributed by atoms with E-state index < -0.39 is 34.5 Å². The van der Waals surface area contributed by atoms with Crippen molar-refractivity contribution in [3.63, 3.8) is 0 Å². The Bertz CT molecular complexity index is 480. The molecular formula is C16H33NaO10S. The average molecular weight is 440 g/mol.